The van der Waals surface area contributed by atoms with E-state index in [0.29, 0.717) is 16.9 Å². The van der Waals surface area contributed by atoms with Crippen molar-refractivity contribution in [2.45, 2.75) is 52.0 Å². The molecule has 226 valence electrons. The molecule has 13 heteroatoms. The molecule has 0 aliphatic rings. The average molecular weight is 604 g/mol. The summed E-state index contributed by atoms with van der Waals surface area (Å²) < 4.78 is 56.0. The fourth-order valence-corrected chi connectivity index (χ4v) is 5.26. The standard InChI is InChI=1S/C29H35F2N5O5S/c1-17(2)26(35-28(38)41-29(3,4)5)27(37)36-42(7,39)16-18-10-11-32-24(12-18)34-25-14-21(22(31)15-33-25)20-9-8-19(30)13-23(20)40-6/h8-15,17,26H,16H2,1-7H3,(H,35,38)(H,32,33,34)/t26-,42-/m0/s1. The summed E-state index contributed by atoms with van der Waals surface area (Å²) in [6, 6.07) is 7.40. The Bertz CT molecular complexity index is 1580. The molecular formula is C29H35F2N5O5S. The fourth-order valence-electron chi connectivity index (χ4n) is 3.90. The van der Waals surface area contributed by atoms with E-state index in [-0.39, 0.29) is 28.8 Å². The van der Waals surface area contributed by atoms with Crippen LogP contribution in [0.1, 0.15) is 40.2 Å². The Balaban J connectivity index is 1.80. The van der Waals surface area contributed by atoms with Crippen molar-refractivity contribution in [3.8, 4) is 16.9 Å². The number of benzene rings is 1. The van der Waals surface area contributed by atoms with Crippen LogP contribution in [0.5, 0.6) is 5.75 Å². The van der Waals surface area contributed by atoms with Gasteiger partial charge in [-0.25, -0.2) is 27.8 Å². The number of methoxy groups -OCH3 is 1. The predicted octanol–water partition coefficient (Wildman–Crippen LogP) is 5.85. The zero-order valence-corrected chi connectivity index (χ0v) is 25.3. The van der Waals surface area contributed by atoms with Gasteiger partial charge in [0.2, 0.25) is 0 Å². The van der Waals surface area contributed by atoms with Crippen molar-refractivity contribution in [2.75, 3.05) is 18.7 Å². The first-order chi connectivity index (χ1) is 19.6. The molecule has 2 aromatic heterocycles. The van der Waals surface area contributed by atoms with Gasteiger partial charge in [-0.05, 0) is 62.6 Å². The molecule has 0 spiro atoms. The Kier molecular flexibility index (Phi) is 10.2. The van der Waals surface area contributed by atoms with Crippen molar-refractivity contribution in [3.63, 3.8) is 0 Å². The summed E-state index contributed by atoms with van der Waals surface area (Å²) in [4.78, 5) is 33.5. The molecule has 42 heavy (non-hydrogen) atoms. The number of anilines is 2. The molecule has 2 amide bonds. The summed E-state index contributed by atoms with van der Waals surface area (Å²) in [5.41, 5.74) is 0.270. The van der Waals surface area contributed by atoms with E-state index < -0.39 is 45.0 Å². The van der Waals surface area contributed by atoms with Crippen LogP contribution in [0.2, 0.25) is 0 Å². The van der Waals surface area contributed by atoms with Crippen molar-refractivity contribution >= 4 is 33.4 Å². The van der Waals surface area contributed by atoms with Crippen LogP contribution >= 0.6 is 0 Å². The number of carbonyl (C=O) groups excluding carboxylic acids is 2. The van der Waals surface area contributed by atoms with Crippen LogP contribution in [-0.2, 0) is 25.0 Å². The minimum atomic E-state index is -3.06. The van der Waals surface area contributed by atoms with E-state index in [1.807, 2.05) is 0 Å². The number of alkyl carbamates (subject to hydrolysis) is 1. The van der Waals surface area contributed by atoms with Gasteiger partial charge < -0.3 is 20.1 Å². The molecule has 1 aromatic carbocycles. The van der Waals surface area contributed by atoms with E-state index >= 15 is 0 Å². The maximum atomic E-state index is 14.7. The summed E-state index contributed by atoms with van der Waals surface area (Å²) in [6.07, 6.45) is 3.08. The molecule has 0 bridgehead atoms. The van der Waals surface area contributed by atoms with Gasteiger partial charge in [0.25, 0.3) is 5.91 Å². The van der Waals surface area contributed by atoms with E-state index in [9.17, 15) is 22.6 Å². The van der Waals surface area contributed by atoms with E-state index in [1.165, 1.54) is 37.8 Å². The largest absolute Gasteiger partial charge is 0.496 e. The second-order valence-corrected chi connectivity index (χ2v) is 13.4. The maximum Gasteiger partial charge on any atom is 0.408 e. The van der Waals surface area contributed by atoms with E-state index in [2.05, 4.69) is 25.0 Å². The van der Waals surface area contributed by atoms with Gasteiger partial charge in [-0.3, -0.25) is 4.79 Å². The molecule has 0 aliphatic heterocycles. The molecular weight excluding hydrogens is 568 g/mol. The number of hydrogen-bond donors (Lipinski definition) is 2. The van der Waals surface area contributed by atoms with Gasteiger partial charge in [-0.2, -0.15) is 4.36 Å². The topological polar surface area (TPSA) is 132 Å². The molecule has 2 heterocycles. The van der Waals surface area contributed by atoms with Crippen molar-refractivity contribution in [1.82, 2.24) is 15.3 Å². The second-order valence-electron chi connectivity index (χ2n) is 11.0. The molecule has 0 unspecified atom stereocenters. The SMILES string of the molecule is COc1cc(F)ccc1-c1cc(Nc2cc(C[S@](C)(=O)=NC(=O)[C@@H](NC(=O)OC(C)(C)C)C(C)C)ccn2)ncc1F. The van der Waals surface area contributed by atoms with E-state index in [4.69, 9.17) is 9.47 Å². The highest BCUT2D eigenvalue weighted by Gasteiger charge is 2.27. The third-order valence-corrected chi connectivity index (χ3v) is 7.15. The van der Waals surface area contributed by atoms with Crippen molar-refractivity contribution in [1.29, 1.82) is 0 Å². The normalized spacial score (nSPS) is 13.6. The number of carbonyl (C=O) groups is 2. The summed E-state index contributed by atoms with van der Waals surface area (Å²) in [7, 11) is -1.71. The average Bonchev–Trinajstić information content (AvgIpc) is 2.86. The predicted molar refractivity (Wildman–Crippen MR) is 157 cm³/mol. The Labute approximate surface area is 244 Å². The minimum absolute atomic E-state index is 0.0813. The molecule has 0 saturated heterocycles. The van der Waals surface area contributed by atoms with Gasteiger partial charge in [0.15, 0.2) is 0 Å². The van der Waals surface area contributed by atoms with Gasteiger partial charge in [0, 0.05) is 29.6 Å². The first-order valence-electron chi connectivity index (χ1n) is 13.0. The van der Waals surface area contributed by atoms with Crippen LogP contribution in [0.25, 0.3) is 11.1 Å². The van der Waals surface area contributed by atoms with Gasteiger partial charge in [-0.15, -0.1) is 0 Å². The second kappa shape index (κ2) is 13.2. The van der Waals surface area contributed by atoms with Crippen LogP contribution in [0, 0.1) is 17.6 Å². The lowest BCUT2D eigenvalue weighted by Gasteiger charge is -2.24. The lowest BCUT2D eigenvalue weighted by Crippen LogP contribution is -2.46. The number of pyridine rings is 2. The van der Waals surface area contributed by atoms with Gasteiger partial charge >= 0.3 is 6.09 Å². The zero-order chi connectivity index (χ0) is 31.2. The van der Waals surface area contributed by atoms with Crippen molar-refractivity contribution in [3.05, 3.63) is 66.0 Å². The lowest BCUT2D eigenvalue weighted by molar-refractivity contribution is -0.120. The molecule has 0 radical (unpaired) electrons. The molecule has 3 aromatic rings. The molecule has 2 N–H and O–H groups in total. The van der Waals surface area contributed by atoms with Gasteiger partial charge in [0.05, 0.1) is 28.8 Å². The van der Waals surface area contributed by atoms with Gasteiger partial charge in [-0.1, -0.05) is 13.8 Å². The summed E-state index contributed by atoms with van der Waals surface area (Å²) in [5.74, 6) is -1.58. The van der Waals surface area contributed by atoms with Gasteiger partial charge in [0.1, 0.15) is 40.7 Å². The number of nitrogens with one attached hydrogen (secondary N) is 2. The number of aromatic nitrogens is 2. The molecule has 2 atom stereocenters. The highest BCUT2D eigenvalue weighted by atomic mass is 32.2. The van der Waals surface area contributed by atoms with Crippen LogP contribution in [0.15, 0.2) is 53.2 Å². The van der Waals surface area contributed by atoms with E-state index in [0.717, 1.165) is 12.3 Å². The number of rotatable bonds is 9. The number of nitrogens with zero attached hydrogens (tertiary/aromatic N) is 3. The summed E-state index contributed by atoms with van der Waals surface area (Å²) in [5, 5.41) is 5.49. The Morgan fingerprint density at radius 2 is 1.74 bits per heavy atom. The first kappa shape index (κ1) is 32.4. The fraction of sp³-hybridized carbons (Fsp3) is 0.379. The third-order valence-electron chi connectivity index (χ3n) is 5.71. The van der Waals surface area contributed by atoms with Crippen LogP contribution in [0.3, 0.4) is 0 Å². The Morgan fingerprint density at radius 1 is 1.05 bits per heavy atom. The summed E-state index contributed by atoms with van der Waals surface area (Å²) in [6.45, 7) is 8.57. The van der Waals surface area contributed by atoms with Crippen LogP contribution in [-0.4, -0.2) is 51.2 Å². The monoisotopic (exact) mass is 603 g/mol. The quantitative estimate of drug-likeness (QED) is 0.312. The van der Waals surface area contributed by atoms with Crippen molar-refractivity contribution in [2.24, 2.45) is 10.3 Å². The number of amides is 2. The number of halogens is 2. The third kappa shape index (κ3) is 9.20. The number of ether oxygens (including phenoxy) is 2. The van der Waals surface area contributed by atoms with Crippen LogP contribution in [0.4, 0.5) is 25.2 Å². The maximum absolute atomic E-state index is 14.7. The smallest absolute Gasteiger partial charge is 0.408 e. The minimum Gasteiger partial charge on any atom is -0.496 e. The molecule has 10 nitrogen and oxygen atoms in total. The molecule has 0 saturated carbocycles. The Hall–Kier alpha value is -4.13. The van der Waals surface area contributed by atoms with E-state index in [1.54, 1.807) is 46.8 Å². The zero-order valence-electron chi connectivity index (χ0n) is 24.5. The van der Waals surface area contributed by atoms with Crippen molar-refractivity contribution < 1.29 is 32.1 Å². The van der Waals surface area contributed by atoms with Crippen LogP contribution < -0.4 is 15.4 Å². The molecule has 0 aliphatic carbocycles. The molecule has 0 fully saturated rings. The molecule has 3 rings (SSSR count). The Morgan fingerprint density at radius 3 is 2.38 bits per heavy atom. The highest BCUT2D eigenvalue weighted by Crippen LogP contribution is 2.33. The number of hydrogen-bond acceptors (Lipinski definition) is 8. The summed E-state index contributed by atoms with van der Waals surface area (Å²) >= 11 is 0. The lowest BCUT2D eigenvalue weighted by atomic mass is 10.0. The first-order valence-corrected chi connectivity index (χ1v) is 15.1. The highest BCUT2D eigenvalue weighted by molar-refractivity contribution is 7.92.